The van der Waals surface area contributed by atoms with Crippen LogP contribution in [0.2, 0.25) is 0 Å². The van der Waals surface area contributed by atoms with Crippen molar-refractivity contribution in [3.05, 3.63) is 81.7 Å². The van der Waals surface area contributed by atoms with Crippen molar-refractivity contribution >= 4 is 17.3 Å². The fourth-order valence-electron chi connectivity index (χ4n) is 2.41. The van der Waals surface area contributed by atoms with Gasteiger partial charge in [0.15, 0.2) is 0 Å². The van der Waals surface area contributed by atoms with Crippen LogP contribution in [0.15, 0.2) is 48.7 Å². The third kappa shape index (κ3) is 3.14. The molecule has 0 spiro atoms. The molecule has 0 saturated heterocycles. The van der Waals surface area contributed by atoms with Crippen molar-refractivity contribution in [1.29, 1.82) is 0 Å². The first-order chi connectivity index (χ1) is 12.4. The van der Waals surface area contributed by atoms with E-state index in [2.05, 4.69) is 10.4 Å². The molecule has 132 valence electrons. The molecule has 26 heavy (non-hydrogen) atoms. The van der Waals surface area contributed by atoms with E-state index in [1.807, 2.05) is 0 Å². The zero-order valence-corrected chi connectivity index (χ0v) is 13.4. The maximum absolute atomic E-state index is 13.9. The number of nitrogens with zero attached hydrogens (tertiary/aromatic N) is 3. The number of hydrogen-bond donors (Lipinski definition) is 1. The van der Waals surface area contributed by atoms with Crippen LogP contribution < -0.4 is 5.32 Å². The number of rotatable bonds is 4. The molecule has 0 aliphatic carbocycles. The molecule has 3 rings (SSSR count). The van der Waals surface area contributed by atoms with Crippen LogP contribution in [0.5, 0.6) is 0 Å². The van der Waals surface area contributed by atoms with Crippen molar-refractivity contribution in [1.82, 2.24) is 9.78 Å². The molecule has 0 fully saturated rings. The van der Waals surface area contributed by atoms with Crippen LogP contribution >= 0.6 is 0 Å². The number of nitrogens with one attached hydrogen (secondary N) is 1. The van der Waals surface area contributed by atoms with Crippen molar-refractivity contribution in [2.24, 2.45) is 0 Å². The molecule has 0 saturated carbocycles. The number of anilines is 1. The van der Waals surface area contributed by atoms with Gasteiger partial charge in [0, 0.05) is 12.1 Å². The van der Waals surface area contributed by atoms with Crippen molar-refractivity contribution in [3.63, 3.8) is 0 Å². The second-order valence-electron chi connectivity index (χ2n) is 5.38. The Morgan fingerprint density at radius 2 is 1.92 bits per heavy atom. The quantitative estimate of drug-likeness (QED) is 0.570. The van der Waals surface area contributed by atoms with E-state index >= 15 is 0 Å². The number of nitro groups is 1. The topological polar surface area (TPSA) is 90.1 Å². The summed E-state index contributed by atoms with van der Waals surface area (Å²) in [5.74, 6) is -2.05. The molecule has 7 nitrogen and oxygen atoms in total. The molecule has 1 aromatic heterocycles. The Bertz CT molecular complexity index is 1020. The van der Waals surface area contributed by atoms with E-state index in [-0.39, 0.29) is 22.6 Å². The maximum Gasteiger partial charge on any atom is 0.271 e. The van der Waals surface area contributed by atoms with Crippen LogP contribution in [0, 0.1) is 28.7 Å². The molecule has 9 heteroatoms. The van der Waals surface area contributed by atoms with Gasteiger partial charge in [-0.3, -0.25) is 14.9 Å². The normalized spacial score (nSPS) is 10.6. The van der Waals surface area contributed by atoms with Crippen molar-refractivity contribution in [3.8, 4) is 5.69 Å². The summed E-state index contributed by atoms with van der Waals surface area (Å²) in [5.41, 5.74) is -0.120. The highest BCUT2D eigenvalue weighted by molar-refractivity contribution is 6.05. The van der Waals surface area contributed by atoms with Gasteiger partial charge in [-0.15, -0.1) is 0 Å². The Balaban J connectivity index is 1.92. The number of amides is 1. The van der Waals surface area contributed by atoms with Gasteiger partial charge in [0.25, 0.3) is 11.6 Å². The highest BCUT2D eigenvalue weighted by Gasteiger charge is 2.19. The SMILES string of the molecule is Cc1c(C(=O)Nc2cc([N+](=O)[O-])ccc2F)cnn1-c1ccccc1F. The molecule has 1 heterocycles. The van der Waals surface area contributed by atoms with E-state index in [1.165, 1.54) is 29.1 Å². The molecule has 0 radical (unpaired) electrons. The summed E-state index contributed by atoms with van der Waals surface area (Å²) in [6.07, 6.45) is 1.21. The van der Waals surface area contributed by atoms with Gasteiger partial charge in [0.2, 0.25) is 0 Å². The molecule has 0 bridgehead atoms. The molecule has 0 unspecified atom stereocenters. The van der Waals surface area contributed by atoms with Crippen LogP contribution in [0.25, 0.3) is 5.69 Å². The smallest absolute Gasteiger partial charge is 0.271 e. The minimum Gasteiger partial charge on any atom is -0.319 e. The largest absolute Gasteiger partial charge is 0.319 e. The van der Waals surface area contributed by atoms with Gasteiger partial charge < -0.3 is 5.32 Å². The van der Waals surface area contributed by atoms with Gasteiger partial charge in [-0.25, -0.2) is 13.5 Å². The molecule has 0 aliphatic heterocycles. The minimum absolute atomic E-state index is 0.0826. The first kappa shape index (κ1) is 17.2. The number of carbonyl (C=O) groups excluding carboxylic acids is 1. The van der Waals surface area contributed by atoms with Crippen LogP contribution in [0.1, 0.15) is 16.1 Å². The lowest BCUT2D eigenvalue weighted by atomic mass is 10.2. The number of aromatic nitrogens is 2. The number of nitro benzene ring substituents is 1. The average Bonchev–Trinajstić information content (AvgIpc) is 2.98. The molecular weight excluding hydrogens is 346 g/mol. The lowest BCUT2D eigenvalue weighted by molar-refractivity contribution is -0.384. The highest BCUT2D eigenvalue weighted by atomic mass is 19.1. The summed E-state index contributed by atoms with van der Waals surface area (Å²) in [6, 6.07) is 8.71. The zero-order valence-electron chi connectivity index (χ0n) is 13.4. The summed E-state index contributed by atoms with van der Waals surface area (Å²) < 4.78 is 29.0. The molecule has 0 aliphatic rings. The Morgan fingerprint density at radius 1 is 1.19 bits per heavy atom. The Kier molecular flexibility index (Phi) is 4.44. The minimum atomic E-state index is -0.817. The molecule has 2 aromatic carbocycles. The Labute approximate surface area is 146 Å². The second-order valence-corrected chi connectivity index (χ2v) is 5.38. The predicted octanol–water partition coefficient (Wildman–Crippen LogP) is 3.62. The molecule has 1 N–H and O–H groups in total. The fourth-order valence-corrected chi connectivity index (χ4v) is 2.41. The monoisotopic (exact) mass is 358 g/mol. The van der Waals surface area contributed by atoms with Gasteiger partial charge >= 0.3 is 0 Å². The lowest BCUT2D eigenvalue weighted by Crippen LogP contribution is -2.14. The number of hydrogen-bond acceptors (Lipinski definition) is 4. The van der Waals surface area contributed by atoms with Crippen LogP contribution in [0.4, 0.5) is 20.2 Å². The first-order valence-corrected chi connectivity index (χ1v) is 7.43. The van der Waals surface area contributed by atoms with Crippen LogP contribution in [-0.2, 0) is 0 Å². The van der Waals surface area contributed by atoms with E-state index < -0.39 is 22.5 Å². The van der Waals surface area contributed by atoms with Crippen molar-refractivity contribution in [2.45, 2.75) is 6.92 Å². The molecule has 1 amide bonds. The van der Waals surface area contributed by atoms with Gasteiger partial charge in [0.1, 0.15) is 17.3 Å². The molecule has 0 atom stereocenters. The Morgan fingerprint density at radius 3 is 2.62 bits per heavy atom. The average molecular weight is 358 g/mol. The van der Waals surface area contributed by atoms with E-state index in [9.17, 15) is 23.7 Å². The van der Waals surface area contributed by atoms with Gasteiger partial charge in [-0.2, -0.15) is 5.10 Å². The summed E-state index contributed by atoms with van der Waals surface area (Å²) in [7, 11) is 0. The summed E-state index contributed by atoms with van der Waals surface area (Å²) in [4.78, 5) is 22.5. The third-order valence-corrected chi connectivity index (χ3v) is 3.74. The molecule has 3 aromatic rings. The van der Waals surface area contributed by atoms with Crippen LogP contribution in [0.3, 0.4) is 0 Å². The van der Waals surface area contributed by atoms with Gasteiger partial charge in [0.05, 0.1) is 28.1 Å². The number of carbonyl (C=O) groups is 1. The van der Waals surface area contributed by atoms with Gasteiger partial charge in [-0.05, 0) is 25.1 Å². The first-order valence-electron chi connectivity index (χ1n) is 7.43. The zero-order chi connectivity index (χ0) is 18.8. The fraction of sp³-hybridized carbons (Fsp3) is 0.0588. The lowest BCUT2D eigenvalue weighted by Gasteiger charge is -2.08. The second kappa shape index (κ2) is 6.71. The Hall–Kier alpha value is -3.62. The van der Waals surface area contributed by atoms with E-state index in [4.69, 9.17) is 0 Å². The summed E-state index contributed by atoms with van der Waals surface area (Å²) >= 11 is 0. The number of halogens is 2. The third-order valence-electron chi connectivity index (χ3n) is 3.74. The van der Waals surface area contributed by atoms with E-state index in [0.29, 0.717) is 5.69 Å². The maximum atomic E-state index is 13.9. The summed E-state index contributed by atoms with van der Waals surface area (Å²) in [5, 5.41) is 17.1. The number of benzene rings is 2. The van der Waals surface area contributed by atoms with Gasteiger partial charge in [-0.1, -0.05) is 12.1 Å². The number of non-ortho nitro benzene ring substituents is 1. The van der Waals surface area contributed by atoms with Crippen LogP contribution in [-0.4, -0.2) is 20.6 Å². The van der Waals surface area contributed by atoms with E-state index in [0.717, 1.165) is 18.2 Å². The van der Waals surface area contributed by atoms with Crippen molar-refractivity contribution in [2.75, 3.05) is 5.32 Å². The highest BCUT2D eigenvalue weighted by Crippen LogP contribution is 2.23. The number of para-hydroxylation sites is 1. The summed E-state index contributed by atoms with van der Waals surface area (Å²) in [6.45, 7) is 1.55. The molecular formula is C17H12F2N4O3. The van der Waals surface area contributed by atoms with Crippen molar-refractivity contribution < 1.29 is 18.5 Å². The standard InChI is InChI=1S/C17H12F2N4O3/c1-10-12(9-20-22(10)16-5-3-2-4-14(16)19)17(24)21-15-8-11(23(25)26)6-7-13(15)18/h2-9H,1H3,(H,21,24). The predicted molar refractivity (Wildman–Crippen MR) is 89.3 cm³/mol. The van der Waals surface area contributed by atoms with E-state index in [1.54, 1.807) is 13.0 Å².